The fourth-order valence-electron chi connectivity index (χ4n) is 2.70. The van der Waals surface area contributed by atoms with Crippen molar-refractivity contribution in [2.24, 2.45) is 5.92 Å². The van der Waals surface area contributed by atoms with Crippen LogP contribution >= 0.6 is 0 Å². The second kappa shape index (κ2) is 5.53. The predicted molar refractivity (Wildman–Crippen MR) is 78.4 cm³/mol. The molecule has 2 heterocycles. The minimum absolute atomic E-state index is 0.499. The highest BCUT2D eigenvalue weighted by molar-refractivity contribution is 5.47. The standard InChI is InChI=1S/C17H19NO2/c1-12-6-7-13(10-18-12)8-14-9-15-4-3-5-16(19-2)17(15)20-11-14/h3-7,10,14H,8-9,11H2,1-2H3. The Hall–Kier alpha value is -2.03. The first-order chi connectivity index (χ1) is 9.76. The van der Waals surface area contributed by atoms with Gasteiger partial charge in [0.05, 0.1) is 13.7 Å². The highest BCUT2D eigenvalue weighted by atomic mass is 16.5. The van der Waals surface area contributed by atoms with Crippen molar-refractivity contribution in [3.8, 4) is 11.5 Å². The lowest BCUT2D eigenvalue weighted by Crippen LogP contribution is -2.23. The van der Waals surface area contributed by atoms with E-state index in [0.717, 1.165) is 36.6 Å². The lowest BCUT2D eigenvalue weighted by molar-refractivity contribution is 0.211. The van der Waals surface area contributed by atoms with Gasteiger partial charge in [-0.3, -0.25) is 4.98 Å². The summed E-state index contributed by atoms with van der Waals surface area (Å²) < 4.78 is 11.3. The summed E-state index contributed by atoms with van der Waals surface area (Å²) >= 11 is 0. The quantitative estimate of drug-likeness (QED) is 0.857. The second-order valence-corrected chi connectivity index (χ2v) is 5.34. The topological polar surface area (TPSA) is 31.4 Å². The van der Waals surface area contributed by atoms with Crippen LogP contribution in [0.5, 0.6) is 11.5 Å². The molecule has 0 spiro atoms. The van der Waals surface area contributed by atoms with Gasteiger partial charge in [0.15, 0.2) is 11.5 Å². The number of hydrogen-bond acceptors (Lipinski definition) is 3. The molecule has 1 aromatic carbocycles. The van der Waals surface area contributed by atoms with Gasteiger partial charge in [0.1, 0.15) is 0 Å². The first-order valence-electron chi connectivity index (χ1n) is 6.96. The van der Waals surface area contributed by atoms with Crippen molar-refractivity contribution >= 4 is 0 Å². The van der Waals surface area contributed by atoms with Crippen LogP contribution in [-0.2, 0) is 12.8 Å². The van der Waals surface area contributed by atoms with Crippen molar-refractivity contribution in [3.05, 3.63) is 53.3 Å². The fourth-order valence-corrected chi connectivity index (χ4v) is 2.70. The van der Waals surface area contributed by atoms with Gasteiger partial charge in [-0.2, -0.15) is 0 Å². The second-order valence-electron chi connectivity index (χ2n) is 5.34. The SMILES string of the molecule is COc1cccc2c1OCC(Cc1ccc(C)nc1)C2. The Morgan fingerprint density at radius 3 is 2.95 bits per heavy atom. The van der Waals surface area contributed by atoms with Crippen LogP contribution in [0.3, 0.4) is 0 Å². The largest absolute Gasteiger partial charge is 0.493 e. The fraction of sp³-hybridized carbons (Fsp3) is 0.353. The molecule has 1 aromatic heterocycles. The Morgan fingerprint density at radius 2 is 2.20 bits per heavy atom. The first kappa shape index (κ1) is 13.0. The number of methoxy groups -OCH3 is 1. The predicted octanol–water partition coefficient (Wildman–Crippen LogP) is 3.19. The van der Waals surface area contributed by atoms with Crippen LogP contribution in [0.2, 0.25) is 0 Å². The van der Waals surface area contributed by atoms with Crippen molar-refractivity contribution in [1.82, 2.24) is 4.98 Å². The average molecular weight is 269 g/mol. The van der Waals surface area contributed by atoms with E-state index in [-0.39, 0.29) is 0 Å². The summed E-state index contributed by atoms with van der Waals surface area (Å²) in [7, 11) is 1.68. The minimum Gasteiger partial charge on any atom is -0.493 e. The van der Waals surface area contributed by atoms with Gasteiger partial charge in [0, 0.05) is 17.8 Å². The molecule has 3 heteroatoms. The third-order valence-electron chi connectivity index (χ3n) is 3.75. The van der Waals surface area contributed by atoms with Gasteiger partial charge >= 0.3 is 0 Å². The first-order valence-corrected chi connectivity index (χ1v) is 6.96. The van der Waals surface area contributed by atoms with Crippen LogP contribution in [0.15, 0.2) is 36.5 Å². The molecule has 0 aliphatic carbocycles. The molecule has 0 saturated carbocycles. The molecule has 20 heavy (non-hydrogen) atoms. The lowest BCUT2D eigenvalue weighted by atomic mass is 9.91. The van der Waals surface area contributed by atoms with Gasteiger partial charge in [-0.25, -0.2) is 0 Å². The average Bonchev–Trinajstić information content (AvgIpc) is 2.49. The Kier molecular flexibility index (Phi) is 3.59. The minimum atomic E-state index is 0.499. The number of aryl methyl sites for hydroxylation is 1. The molecule has 1 aliphatic heterocycles. The Balaban J connectivity index is 1.74. The Morgan fingerprint density at radius 1 is 1.30 bits per heavy atom. The summed E-state index contributed by atoms with van der Waals surface area (Å²) in [5.74, 6) is 2.24. The summed E-state index contributed by atoms with van der Waals surface area (Å²) in [4.78, 5) is 4.36. The zero-order valence-corrected chi connectivity index (χ0v) is 11.9. The molecule has 2 aromatic rings. The molecular formula is C17H19NO2. The van der Waals surface area contributed by atoms with Crippen LogP contribution in [0, 0.1) is 12.8 Å². The number of fused-ring (bicyclic) bond motifs is 1. The summed E-state index contributed by atoms with van der Waals surface area (Å²) in [5.41, 5.74) is 3.57. The van der Waals surface area contributed by atoms with E-state index >= 15 is 0 Å². The number of nitrogens with zero attached hydrogens (tertiary/aromatic N) is 1. The molecule has 1 aliphatic rings. The highest BCUT2D eigenvalue weighted by Gasteiger charge is 2.22. The molecule has 3 nitrogen and oxygen atoms in total. The van der Waals surface area contributed by atoms with Crippen molar-refractivity contribution in [2.45, 2.75) is 19.8 Å². The number of hydrogen-bond donors (Lipinski definition) is 0. The molecule has 0 fully saturated rings. The van der Waals surface area contributed by atoms with E-state index in [2.05, 4.69) is 23.2 Å². The lowest BCUT2D eigenvalue weighted by Gasteiger charge is -2.26. The number of pyridine rings is 1. The van der Waals surface area contributed by atoms with Crippen molar-refractivity contribution in [1.29, 1.82) is 0 Å². The molecule has 1 atom stereocenters. The molecule has 0 N–H and O–H groups in total. The third-order valence-corrected chi connectivity index (χ3v) is 3.75. The monoisotopic (exact) mass is 269 g/mol. The maximum absolute atomic E-state index is 5.91. The normalized spacial score (nSPS) is 17.2. The number of benzene rings is 1. The van der Waals surface area contributed by atoms with Crippen molar-refractivity contribution < 1.29 is 9.47 Å². The van der Waals surface area contributed by atoms with Gasteiger partial charge in [0.2, 0.25) is 0 Å². The van der Waals surface area contributed by atoms with Crippen molar-refractivity contribution in [2.75, 3.05) is 13.7 Å². The van der Waals surface area contributed by atoms with Crippen molar-refractivity contribution in [3.63, 3.8) is 0 Å². The summed E-state index contributed by atoms with van der Waals surface area (Å²) in [6.45, 7) is 2.75. The Labute approximate surface area is 119 Å². The number of rotatable bonds is 3. The molecule has 1 unspecified atom stereocenters. The maximum Gasteiger partial charge on any atom is 0.164 e. The van der Waals surface area contributed by atoms with Gasteiger partial charge < -0.3 is 9.47 Å². The third kappa shape index (κ3) is 2.62. The number of para-hydroxylation sites is 1. The van der Waals surface area contributed by atoms with Gasteiger partial charge in [-0.1, -0.05) is 18.2 Å². The van der Waals surface area contributed by atoms with E-state index in [4.69, 9.17) is 9.47 Å². The van der Waals surface area contributed by atoms with Crippen LogP contribution in [0.4, 0.5) is 0 Å². The molecule has 104 valence electrons. The van der Waals surface area contributed by atoms with Gasteiger partial charge in [-0.15, -0.1) is 0 Å². The molecular weight excluding hydrogens is 250 g/mol. The highest BCUT2D eigenvalue weighted by Crippen LogP contribution is 2.36. The van der Waals surface area contributed by atoms with E-state index in [9.17, 15) is 0 Å². The molecule has 0 saturated heterocycles. The van der Waals surface area contributed by atoms with Crippen LogP contribution in [-0.4, -0.2) is 18.7 Å². The molecule has 0 amide bonds. The smallest absolute Gasteiger partial charge is 0.164 e. The molecule has 0 bridgehead atoms. The zero-order chi connectivity index (χ0) is 13.9. The molecule has 3 rings (SSSR count). The van der Waals surface area contributed by atoms with Gasteiger partial charge in [0.25, 0.3) is 0 Å². The molecule has 0 radical (unpaired) electrons. The zero-order valence-electron chi connectivity index (χ0n) is 11.9. The van der Waals surface area contributed by atoms with Crippen LogP contribution in [0.1, 0.15) is 16.8 Å². The number of ether oxygens (including phenoxy) is 2. The summed E-state index contributed by atoms with van der Waals surface area (Å²) in [6, 6.07) is 10.3. The van der Waals surface area contributed by atoms with E-state index in [1.54, 1.807) is 7.11 Å². The summed E-state index contributed by atoms with van der Waals surface area (Å²) in [6.07, 6.45) is 4.00. The number of aromatic nitrogens is 1. The summed E-state index contributed by atoms with van der Waals surface area (Å²) in [5, 5.41) is 0. The van der Waals surface area contributed by atoms with E-state index in [1.807, 2.05) is 25.3 Å². The maximum atomic E-state index is 5.91. The van der Waals surface area contributed by atoms with Crippen LogP contribution in [0.25, 0.3) is 0 Å². The van der Waals surface area contributed by atoms with E-state index in [1.165, 1.54) is 11.1 Å². The van der Waals surface area contributed by atoms with Crippen LogP contribution < -0.4 is 9.47 Å². The van der Waals surface area contributed by atoms with E-state index < -0.39 is 0 Å². The van der Waals surface area contributed by atoms with Gasteiger partial charge in [-0.05, 0) is 43.0 Å². The Bertz CT molecular complexity index is 592. The van der Waals surface area contributed by atoms with E-state index in [0.29, 0.717) is 5.92 Å².